The lowest BCUT2D eigenvalue weighted by Gasteiger charge is -2.20. The largest absolute Gasteiger partial charge is 0.317 e. The van der Waals surface area contributed by atoms with Crippen molar-refractivity contribution in [2.45, 2.75) is 18.6 Å². The number of hydrogen-bond acceptors (Lipinski definition) is 3. The second-order valence-electron chi connectivity index (χ2n) is 1.96. The summed E-state index contributed by atoms with van der Waals surface area (Å²) in [6.07, 6.45) is -6.05. The summed E-state index contributed by atoms with van der Waals surface area (Å²) < 4.78 is 70.9. The van der Waals surface area contributed by atoms with Crippen LogP contribution in [0.3, 0.4) is 0 Å². The Morgan fingerprint density at radius 2 is 2.83 bits per heavy atom. The summed E-state index contributed by atoms with van der Waals surface area (Å²) in [7, 11) is 0. The number of nitrogens with one attached hydrogen (secondary N) is 1. The van der Waals surface area contributed by atoms with Crippen LogP contribution < -0.4 is 5.32 Å². The molecule has 1 aliphatic rings. The lowest BCUT2D eigenvalue weighted by atomic mass is 9.99. The molecule has 66 valence electrons. The van der Waals surface area contributed by atoms with Crippen LogP contribution in [0.1, 0.15) is 36.0 Å². The summed E-state index contributed by atoms with van der Waals surface area (Å²) in [5.41, 5.74) is 0. The molecule has 2 atom stereocenters. The SMILES string of the molecule is [2H]c1nc(C2([2H])C([2H])([2H])C([2H])NC([2H])([2H])C2([2H])[2H])sc1Br. The zero-order chi connectivity index (χ0) is 16.4. The van der Waals surface area contributed by atoms with Crippen LogP contribution >= 0.6 is 27.3 Å². The van der Waals surface area contributed by atoms with Crippen LogP contribution in [-0.4, -0.2) is 18.0 Å². The van der Waals surface area contributed by atoms with Crippen LogP contribution in [-0.2, 0) is 0 Å². The zero-order valence-electron chi connectivity index (χ0n) is 14.8. The molecule has 2 unspecified atom stereocenters. The summed E-state index contributed by atoms with van der Waals surface area (Å²) in [5, 5.41) is 1.55. The normalized spacial score (nSPS) is 60.1. The molecule has 0 aromatic carbocycles. The average Bonchev–Trinajstić information content (AvgIpc) is 2.66. The van der Waals surface area contributed by atoms with Crippen molar-refractivity contribution in [1.29, 1.82) is 0 Å². The molecule has 0 aliphatic carbocycles. The Bertz CT molecular complexity index is 557. The first-order valence-corrected chi connectivity index (χ1v) is 4.73. The maximum atomic E-state index is 8.36. The van der Waals surface area contributed by atoms with Gasteiger partial charge < -0.3 is 5.32 Å². The van der Waals surface area contributed by atoms with Crippen LogP contribution in [0.2, 0.25) is 0 Å². The summed E-state index contributed by atoms with van der Waals surface area (Å²) in [6, 6.07) is 0. The van der Waals surface area contributed by atoms with E-state index in [0.717, 1.165) is 0 Å². The monoisotopic (exact) mass is 255 g/mol. The Kier molecular flexibility index (Phi) is 0.975. The van der Waals surface area contributed by atoms with Crippen molar-refractivity contribution in [3.8, 4) is 0 Å². The van der Waals surface area contributed by atoms with E-state index >= 15 is 0 Å². The number of hydrogen-bond donors (Lipinski definition) is 1. The molecule has 0 saturated carbocycles. The van der Waals surface area contributed by atoms with Crippen LogP contribution in [0.5, 0.6) is 0 Å². The molecular formula is C8H11BrN2S. The Hall–Kier alpha value is 0.0700. The van der Waals surface area contributed by atoms with Crippen molar-refractivity contribution in [1.82, 2.24) is 10.3 Å². The number of halogens is 1. The third-order valence-electron chi connectivity index (χ3n) is 1.19. The first-order valence-electron chi connectivity index (χ1n) is 7.70. The molecule has 0 radical (unpaired) electrons. The second kappa shape index (κ2) is 3.85. The Morgan fingerprint density at radius 1 is 1.92 bits per heavy atom. The van der Waals surface area contributed by atoms with Gasteiger partial charge in [0.15, 0.2) is 0 Å². The second-order valence-corrected chi connectivity index (χ2v) is 4.28. The van der Waals surface area contributed by atoms with Crippen molar-refractivity contribution >= 4 is 27.3 Å². The van der Waals surface area contributed by atoms with Gasteiger partial charge in [-0.05, 0) is 41.7 Å². The van der Waals surface area contributed by atoms with E-state index in [2.05, 4.69) is 20.9 Å². The van der Waals surface area contributed by atoms with Crippen molar-refractivity contribution in [2.24, 2.45) is 0 Å². The topological polar surface area (TPSA) is 24.9 Å². The third kappa shape index (κ3) is 1.87. The lowest BCUT2D eigenvalue weighted by molar-refractivity contribution is 0.459. The minimum Gasteiger partial charge on any atom is -0.317 e. The van der Waals surface area contributed by atoms with Crippen molar-refractivity contribution in [2.75, 3.05) is 13.0 Å². The molecule has 1 aromatic rings. The zero-order valence-corrected chi connectivity index (χ0v) is 8.21. The minimum absolute atomic E-state index is 0.191. The highest BCUT2D eigenvalue weighted by molar-refractivity contribution is 9.11. The molecule has 0 amide bonds. The quantitative estimate of drug-likeness (QED) is 0.834. The fourth-order valence-corrected chi connectivity index (χ4v) is 1.84. The van der Waals surface area contributed by atoms with E-state index in [4.69, 9.17) is 12.3 Å². The van der Waals surface area contributed by atoms with Crippen LogP contribution in [0.15, 0.2) is 9.96 Å². The number of piperidine rings is 1. The Labute approximate surface area is 97.2 Å². The lowest BCUT2D eigenvalue weighted by Crippen LogP contribution is -2.26. The molecule has 1 N–H and O–H groups in total. The summed E-state index contributed by atoms with van der Waals surface area (Å²) >= 11 is 3.71. The van der Waals surface area contributed by atoms with Crippen molar-refractivity contribution in [3.05, 3.63) is 15.0 Å². The summed E-state index contributed by atoms with van der Waals surface area (Å²) in [4.78, 5) is 3.69. The van der Waals surface area contributed by atoms with Gasteiger partial charge in [0.05, 0.1) is 16.3 Å². The van der Waals surface area contributed by atoms with Crippen LogP contribution in [0.25, 0.3) is 0 Å². The first kappa shape index (κ1) is 3.04. The Balaban J connectivity index is 2.75. The molecule has 1 saturated heterocycles. The van der Waals surface area contributed by atoms with E-state index in [1.807, 2.05) is 5.32 Å². The summed E-state index contributed by atoms with van der Waals surface area (Å²) in [5.74, 6) is -2.77. The van der Waals surface area contributed by atoms with E-state index in [1.165, 1.54) is 0 Å². The standard InChI is InChI=1S/C8H11BrN2S/c9-7-5-11-8(12-7)6-1-3-10-4-2-6/h5-6,10H,1-4H2/i1D2,2D2,3D,4D2,5D,6D. The van der Waals surface area contributed by atoms with Gasteiger partial charge in [-0.25, -0.2) is 4.98 Å². The number of thiazole rings is 1. The highest BCUT2D eigenvalue weighted by Crippen LogP contribution is 2.30. The van der Waals surface area contributed by atoms with E-state index in [0.29, 0.717) is 11.3 Å². The molecule has 2 rings (SSSR count). The smallest absolute Gasteiger partial charge is 0.0968 e. The van der Waals surface area contributed by atoms with E-state index in [1.54, 1.807) is 0 Å². The van der Waals surface area contributed by atoms with Gasteiger partial charge in [0.25, 0.3) is 0 Å². The first-order chi connectivity index (χ1) is 9.29. The molecule has 2 nitrogen and oxygen atoms in total. The highest BCUT2D eigenvalue weighted by atomic mass is 79.9. The van der Waals surface area contributed by atoms with Crippen LogP contribution in [0, 0.1) is 0 Å². The fraction of sp³-hybridized carbons (Fsp3) is 0.625. The van der Waals surface area contributed by atoms with Gasteiger partial charge in [-0.15, -0.1) is 11.3 Å². The Morgan fingerprint density at radius 3 is 3.58 bits per heavy atom. The van der Waals surface area contributed by atoms with Gasteiger partial charge in [-0.2, -0.15) is 0 Å². The number of rotatable bonds is 1. The van der Waals surface area contributed by atoms with E-state index in [9.17, 15) is 0 Å². The fourth-order valence-electron chi connectivity index (χ4n) is 0.726. The van der Waals surface area contributed by atoms with Gasteiger partial charge in [-0.1, -0.05) is 0 Å². The molecule has 0 spiro atoms. The molecule has 4 heteroatoms. The molecule has 0 bridgehead atoms. The summed E-state index contributed by atoms with van der Waals surface area (Å²) in [6.45, 7) is -4.65. The molecule has 1 aliphatic heterocycles. The number of nitrogens with zero attached hydrogens (tertiary/aromatic N) is 1. The van der Waals surface area contributed by atoms with Gasteiger partial charge >= 0.3 is 0 Å². The minimum atomic E-state index is -3.01. The van der Waals surface area contributed by atoms with E-state index in [-0.39, 0.29) is 15.0 Å². The van der Waals surface area contributed by atoms with Gasteiger partial charge in [0.2, 0.25) is 0 Å². The van der Waals surface area contributed by atoms with Crippen LogP contribution in [0.4, 0.5) is 0 Å². The average molecular weight is 256 g/mol. The maximum Gasteiger partial charge on any atom is 0.0968 e. The van der Waals surface area contributed by atoms with Gasteiger partial charge in [-0.3, -0.25) is 0 Å². The molecular weight excluding hydrogens is 236 g/mol. The van der Waals surface area contributed by atoms with Crippen molar-refractivity contribution in [3.63, 3.8) is 0 Å². The molecule has 2 heterocycles. The van der Waals surface area contributed by atoms with E-state index < -0.39 is 31.7 Å². The van der Waals surface area contributed by atoms with Gasteiger partial charge in [0, 0.05) is 16.9 Å². The highest BCUT2D eigenvalue weighted by Gasteiger charge is 2.17. The predicted octanol–water partition coefficient (Wildman–Crippen LogP) is 2.37. The number of aromatic nitrogens is 1. The molecule has 12 heavy (non-hydrogen) atoms. The third-order valence-corrected chi connectivity index (χ3v) is 2.62. The molecule has 1 aromatic heterocycles. The predicted molar refractivity (Wildman–Crippen MR) is 54.7 cm³/mol. The van der Waals surface area contributed by atoms with Crippen molar-refractivity contribution < 1.29 is 12.3 Å². The molecule has 1 fully saturated rings. The maximum absolute atomic E-state index is 8.36. The van der Waals surface area contributed by atoms with Gasteiger partial charge in [0.1, 0.15) is 0 Å².